The van der Waals surface area contributed by atoms with Crippen molar-refractivity contribution >= 4 is 11.9 Å². The standard InChI is InChI=1S/C14H10F6O6/c15-13(16,17)12(14(18,19)20)25-9(11(23)26-12)8(10(21)22)24-6-7-4-2-1-3-5-7/h1-5,8-9H,6H2,(H,21,22)/t8-,9-/m1/s1. The number of esters is 1. The van der Waals surface area contributed by atoms with Crippen LogP contribution in [0.5, 0.6) is 0 Å². The highest BCUT2D eigenvalue weighted by molar-refractivity contribution is 5.86. The largest absolute Gasteiger partial charge is 0.479 e. The lowest BCUT2D eigenvalue weighted by Gasteiger charge is -2.30. The van der Waals surface area contributed by atoms with Crippen molar-refractivity contribution in [1.82, 2.24) is 0 Å². The van der Waals surface area contributed by atoms with Gasteiger partial charge in [0.1, 0.15) is 0 Å². The molecule has 1 heterocycles. The van der Waals surface area contributed by atoms with Crippen LogP contribution in [0, 0.1) is 0 Å². The third-order valence-corrected chi connectivity index (χ3v) is 3.31. The zero-order chi connectivity index (χ0) is 19.8. The van der Waals surface area contributed by atoms with Crippen molar-refractivity contribution in [1.29, 1.82) is 0 Å². The van der Waals surface area contributed by atoms with Gasteiger partial charge in [0.15, 0.2) is 12.2 Å². The van der Waals surface area contributed by atoms with Crippen LogP contribution in [0.1, 0.15) is 5.56 Å². The number of aliphatic carboxylic acids is 1. The lowest BCUT2D eigenvalue weighted by Crippen LogP contribution is -2.58. The Hall–Kier alpha value is -2.34. The number of carboxylic acids is 1. The summed E-state index contributed by atoms with van der Waals surface area (Å²) in [5, 5.41) is 9.03. The van der Waals surface area contributed by atoms with E-state index in [1.165, 1.54) is 24.3 Å². The topological polar surface area (TPSA) is 82.1 Å². The average Bonchev–Trinajstić information content (AvgIpc) is 2.87. The number of halogens is 6. The van der Waals surface area contributed by atoms with Gasteiger partial charge in [-0.2, -0.15) is 26.3 Å². The number of carboxylic acid groups (broad SMARTS) is 1. The molecule has 0 aliphatic carbocycles. The van der Waals surface area contributed by atoms with E-state index in [0.29, 0.717) is 5.56 Å². The summed E-state index contributed by atoms with van der Waals surface area (Å²) in [6, 6.07) is 7.60. The zero-order valence-corrected chi connectivity index (χ0v) is 12.5. The third kappa shape index (κ3) is 3.60. The molecule has 0 spiro atoms. The van der Waals surface area contributed by atoms with E-state index in [0.717, 1.165) is 0 Å². The SMILES string of the molecule is O=C(O)[C@H](OCc1ccccc1)[C@H]1OC(C(F)(F)F)(C(F)(F)F)OC1=O. The predicted octanol–water partition coefficient (Wildman–Crippen LogP) is 2.42. The normalized spacial score (nSPS) is 21.3. The number of rotatable bonds is 5. The number of hydrogen-bond acceptors (Lipinski definition) is 5. The molecular formula is C14H10F6O6. The fraction of sp³-hybridized carbons (Fsp3) is 0.429. The summed E-state index contributed by atoms with van der Waals surface area (Å²) in [6.45, 7) is -0.504. The summed E-state index contributed by atoms with van der Waals surface area (Å²) < 4.78 is 89.2. The lowest BCUT2D eigenvalue weighted by atomic mass is 10.2. The number of alkyl halides is 6. The van der Waals surface area contributed by atoms with Gasteiger partial charge < -0.3 is 19.3 Å². The highest BCUT2D eigenvalue weighted by atomic mass is 19.4. The van der Waals surface area contributed by atoms with Gasteiger partial charge in [0.2, 0.25) is 0 Å². The Morgan fingerprint density at radius 2 is 1.69 bits per heavy atom. The Labute approximate surface area is 141 Å². The maximum Gasteiger partial charge on any atom is 0.465 e. The molecule has 1 aliphatic rings. The van der Waals surface area contributed by atoms with E-state index in [9.17, 15) is 35.9 Å². The molecule has 2 atom stereocenters. The molecule has 0 saturated carbocycles. The molecule has 0 amide bonds. The predicted molar refractivity (Wildman–Crippen MR) is 68.5 cm³/mol. The van der Waals surface area contributed by atoms with Gasteiger partial charge in [0.25, 0.3) is 0 Å². The van der Waals surface area contributed by atoms with Crippen LogP contribution in [-0.4, -0.2) is 47.4 Å². The van der Waals surface area contributed by atoms with Crippen molar-refractivity contribution in [2.75, 3.05) is 0 Å². The average molecular weight is 388 g/mol. The van der Waals surface area contributed by atoms with Gasteiger partial charge in [-0.3, -0.25) is 0 Å². The van der Waals surface area contributed by atoms with E-state index in [2.05, 4.69) is 9.47 Å². The Bertz CT molecular complexity index is 657. The van der Waals surface area contributed by atoms with Crippen LogP contribution >= 0.6 is 0 Å². The Balaban J connectivity index is 2.27. The molecule has 1 aromatic carbocycles. The number of cyclic esters (lactones) is 1. The zero-order valence-electron chi connectivity index (χ0n) is 12.5. The van der Waals surface area contributed by atoms with E-state index >= 15 is 0 Å². The molecule has 6 nitrogen and oxygen atoms in total. The molecule has 0 radical (unpaired) electrons. The van der Waals surface area contributed by atoms with E-state index in [-0.39, 0.29) is 0 Å². The first kappa shape index (κ1) is 20.0. The summed E-state index contributed by atoms with van der Waals surface area (Å²) >= 11 is 0. The monoisotopic (exact) mass is 388 g/mol. The Morgan fingerprint density at radius 1 is 1.15 bits per heavy atom. The number of benzene rings is 1. The van der Waals surface area contributed by atoms with Crippen molar-refractivity contribution in [2.24, 2.45) is 0 Å². The van der Waals surface area contributed by atoms with Gasteiger partial charge in [-0.05, 0) is 5.56 Å². The van der Waals surface area contributed by atoms with Crippen molar-refractivity contribution in [3.63, 3.8) is 0 Å². The molecule has 1 fully saturated rings. The number of carbonyl (C=O) groups excluding carboxylic acids is 1. The summed E-state index contributed by atoms with van der Waals surface area (Å²) in [5.41, 5.74) is 0.364. The van der Waals surface area contributed by atoms with Crippen LogP contribution < -0.4 is 0 Å². The molecule has 1 aromatic rings. The minimum atomic E-state index is -6.18. The minimum Gasteiger partial charge on any atom is -0.479 e. The van der Waals surface area contributed by atoms with E-state index in [1.54, 1.807) is 6.07 Å². The van der Waals surface area contributed by atoms with E-state index in [1.807, 2.05) is 0 Å². The van der Waals surface area contributed by atoms with Gasteiger partial charge in [0.05, 0.1) is 6.61 Å². The Morgan fingerprint density at radius 3 is 2.12 bits per heavy atom. The molecule has 12 heteroatoms. The molecule has 1 N–H and O–H groups in total. The smallest absolute Gasteiger partial charge is 0.465 e. The van der Waals surface area contributed by atoms with Gasteiger partial charge in [-0.1, -0.05) is 30.3 Å². The molecule has 2 rings (SSSR count). The number of ether oxygens (including phenoxy) is 3. The molecule has 26 heavy (non-hydrogen) atoms. The second-order valence-corrected chi connectivity index (χ2v) is 5.13. The van der Waals surface area contributed by atoms with Crippen molar-refractivity contribution in [2.45, 2.75) is 37.0 Å². The fourth-order valence-corrected chi connectivity index (χ4v) is 2.09. The molecular weight excluding hydrogens is 378 g/mol. The second-order valence-electron chi connectivity index (χ2n) is 5.13. The first-order valence-electron chi connectivity index (χ1n) is 6.81. The van der Waals surface area contributed by atoms with Gasteiger partial charge in [-0.25, -0.2) is 9.59 Å². The first-order chi connectivity index (χ1) is 11.9. The van der Waals surface area contributed by atoms with E-state index in [4.69, 9.17) is 9.84 Å². The fourth-order valence-electron chi connectivity index (χ4n) is 2.09. The first-order valence-corrected chi connectivity index (χ1v) is 6.81. The quantitative estimate of drug-likeness (QED) is 0.616. The van der Waals surface area contributed by atoms with Crippen LogP contribution in [-0.2, 0) is 30.4 Å². The number of carbonyl (C=O) groups is 2. The van der Waals surface area contributed by atoms with Crippen molar-refractivity contribution in [3.05, 3.63) is 35.9 Å². The third-order valence-electron chi connectivity index (χ3n) is 3.31. The molecule has 1 saturated heterocycles. The van der Waals surface area contributed by atoms with Crippen LogP contribution in [0.15, 0.2) is 30.3 Å². The lowest BCUT2D eigenvalue weighted by molar-refractivity contribution is -0.440. The summed E-state index contributed by atoms with van der Waals surface area (Å²) in [6.07, 6.45) is -17.6. The van der Waals surface area contributed by atoms with E-state index < -0.39 is 48.9 Å². The second kappa shape index (κ2) is 6.76. The minimum absolute atomic E-state index is 0.364. The summed E-state index contributed by atoms with van der Waals surface area (Å²) in [5.74, 6) is -9.41. The van der Waals surface area contributed by atoms with Crippen LogP contribution in [0.3, 0.4) is 0 Å². The Kier molecular flexibility index (Phi) is 5.19. The van der Waals surface area contributed by atoms with Gasteiger partial charge >= 0.3 is 30.1 Å². The van der Waals surface area contributed by atoms with Crippen LogP contribution in [0.4, 0.5) is 26.3 Å². The van der Waals surface area contributed by atoms with Crippen LogP contribution in [0.2, 0.25) is 0 Å². The number of hydrogen-bond donors (Lipinski definition) is 1. The molecule has 0 aromatic heterocycles. The highest BCUT2D eigenvalue weighted by Crippen LogP contribution is 2.50. The summed E-state index contributed by atoms with van der Waals surface area (Å²) in [7, 11) is 0. The summed E-state index contributed by atoms with van der Waals surface area (Å²) in [4.78, 5) is 22.7. The van der Waals surface area contributed by atoms with Crippen molar-refractivity contribution < 1.29 is 55.2 Å². The highest BCUT2D eigenvalue weighted by Gasteiger charge is 2.81. The van der Waals surface area contributed by atoms with Crippen LogP contribution in [0.25, 0.3) is 0 Å². The maximum absolute atomic E-state index is 12.9. The van der Waals surface area contributed by atoms with Crippen molar-refractivity contribution in [3.8, 4) is 0 Å². The molecule has 0 unspecified atom stereocenters. The molecule has 144 valence electrons. The molecule has 0 bridgehead atoms. The molecule has 1 aliphatic heterocycles. The van der Waals surface area contributed by atoms with Gasteiger partial charge in [-0.15, -0.1) is 0 Å². The van der Waals surface area contributed by atoms with Gasteiger partial charge in [0, 0.05) is 0 Å². The maximum atomic E-state index is 12.9.